The van der Waals surface area contributed by atoms with Gasteiger partial charge in [-0.25, -0.2) is 34.4 Å². The molecular weight excluding hydrogens is 993 g/mol. The predicted octanol–water partition coefficient (Wildman–Crippen LogP) is 8.02. The second-order valence-electron chi connectivity index (χ2n) is 20.9. The topological polar surface area (TPSA) is 187 Å². The van der Waals surface area contributed by atoms with Crippen LogP contribution in [0.3, 0.4) is 0 Å². The number of hydrogen-bond donors (Lipinski definition) is 1. The maximum absolute atomic E-state index is 14.3. The van der Waals surface area contributed by atoms with Crippen molar-refractivity contribution >= 4 is 65.6 Å². The maximum atomic E-state index is 14.3. The Morgan fingerprint density at radius 1 is 0.560 bits per heavy atom. The number of fused-ring (bicyclic) bond motifs is 6. The number of hydrogen-bond acceptors (Lipinski definition) is 12. The van der Waals surface area contributed by atoms with Crippen molar-refractivity contribution in [3.63, 3.8) is 0 Å². The zero-order valence-electron chi connectivity index (χ0n) is 43.2. The van der Waals surface area contributed by atoms with E-state index in [0.29, 0.717) is 78.2 Å². The normalized spacial score (nSPS) is 18.1. The highest BCUT2D eigenvalue weighted by Crippen LogP contribution is 2.39. The summed E-state index contributed by atoms with van der Waals surface area (Å²) in [6.45, 7) is 9.94. The lowest BCUT2D eigenvalue weighted by Crippen LogP contribution is -2.38. The van der Waals surface area contributed by atoms with E-state index in [2.05, 4.69) is 24.1 Å². The van der Waals surface area contributed by atoms with Crippen molar-refractivity contribution in [3.05, 3.63) is 130 Å². The van der Waals surface area contributed by atoms with Gasteiger partial charge in [0.05, 0.1) is 36.4 Å². The monoisotopic (exact) mass is 1060 g/mol. The number of amides is 2. The molecule has 0 atom stereocenters. The van der Waals surface area contributed by atoms with Crippen LogP contribution in [0.4, 0.5) is 0 Å². The average Bonchev–Trinajstić information content (AvgIpc) is 4.19. The Morgan fingerprint density at radius 3 is 1.49 bits per heavy atom. The number of nitrogens with zero attached hydrogens (tertiary/aromatic N) is 5. The van der Waals surface area contributed by atoms with Crippen LogP contribution >= 0.6 is 0 Å². The molecule has 1 aliphatic carbocycles. The molecule has 5 aliphatic rings. The van der Waals surface area contributed by atoms with Gasteiger partial charge in [0.1, 0.15) is 9.79 Å². The lowest BCUT2D eigenvalue weighted by atomic mass is 9.98. The smallest absolute Gasteiger partial charge is 0.339 e. The number of aromatic nitrogens is 2. The van der Waals surface area contributed by atoms with Gasteiger partial charge in [0, 0.05) is 105 Å². The number of benzene rings is 4. The Hall–Kier alpha value is -6.34. The van der Waals surface area contributed by atoms with E-state index in [9.17, 15) is 36.0 Å². The molecule has 18 heteroatoms. The standard InChI is InChI=1S/C31H37N3O5S.C26H29N3O5S/c1-21-13-16-32(17-14-21)30(35)22-11-12-27-25(19-22)26-20-33(23-7-3-4-8-23)18-15-28(26)34(27)40(37,38)29-10-6-5-9-24(29)31(36)39-2;1-17-10-13-28(14-11-17)25(30)18-7-8-22-20(15-18)21-16-27-12-9-23(21)29(22)35(32,33)24-6-4-3-5-19(24)26(31)34-2/h5-6,9-12,19,21,23H,3-4,7-8,13-18,20H2,1-2H3;3-8,15,17,27H,9-14,16H2,1-2H3. The molecule has 4 aromatic carbocycles. The van der Waals surface area contributed by atoms with Crippen LogP contribution in [0.5, 0.6) is 0 Å². The van der Waals surface area contributed by atoms with Gasteiger partial charge in [-0.2, -0.15) is 0 Å². The lowest BCUT2D eigenvalue weighted by Gasteiger charge is -2.33. The van der Waals surface area contributed by atoms with E-state index in [1.54, 1.807) is 48.5 Å². The quantitative estimate of drug-likeness (QED) is 0.138. The lowest BCUT2D eigenvalue weighted by molar-refractivity contribution is 0.0587. The third-order valence-electron chi connectivity index (χ3n) is 16.2. The summed E-state index contributed by atoms with van der Waals surface area (Å²) in [5.74, 6) is -0.194. The van der Waals surface area contributed by atoms with Crippen molar-refractivity contribution in [1.29, 1.82) is 0 Å². The largest absolute Gasteiger partial charge is 0.465 e. The van der Waals surface area contributed by atoms with Gasteiger partial charge in [-0.1, -0.05) is 51.0 Å². The van der Waals surface area contributed by atoms with E-state index >= 15 is 0 Å². The molecule has 0 unspecified atom stereocenters. The molecule has 3 fully saturated rings. The van der Waals surface area contributed by atoms with Gasteiger partial charge in [0.25, 0.3) is 31.9 Å². The third-order valence-corrected chi connectivity index (χ3v) is 19.8. The number of piperidine rings is 2. The SMILES string of the molecule is COC(=O)c1ccccc1S(=O)(=O)n1c2c(c3cc(C(=O)N4CCC(C)CC4)ccc31)CN(C1CCCC1)CC2.COC(=O)c1ccccc1S(=O)(=O)n1c2c(c3cc(C(=O)N4CCC(C)CC4)ccc31)CNCC2. The summed E-state index contributed by atoms with van der Waals surface area (Å²) in [6, 6.07) is 23.4. The molecule has 2 amide bonds. The highest BCUT2D eigenvalue weighted by molar-refractivity contribution is 7.90. The van der Waals surface area contributed by atoms with Crippen LogP contribution in [-0.4, -0.2) is 123 Å². The van der Waals surface area contributed by atoms with Gasteiger partial charge in [0.15, 0.2) is 0 Å². The molecule has 6 aromatic rings. The van der Waals surface area contributed by atoms with Gasteiger partial charge in [-0.3, -0.25) is 14.5 Å². The molecule has 11 rings (SSSR count). The Balaban J connectivity index is 0.000000173. The number of carbonyl (C=O) groups is 4. The van der Waals surface area contributed by atoms with Crippen molar-refractivity contribution < 1.29 is 45.5 Å². The van der Waals surface area contributed by atoms with Crippen molar-refractivity contribution in [2.45, 2.75) is 107 Å². The minimum Gasteiger partial charge on any atom is -0.465 e. The summed E-state index contributed by atoms with van der Waals surface area (Å²) >= 11 is 0. The van der Waals surface area contributed by atoms with Crippen LogP contribution in [-0.2, 0) is 55.5 Å². The van der Waals surface area contributed by atoms with E-state index < -0.39 is 32.0 Å². The fourth-order valence-electron chi connectivity index (χ4n) is 11.9. The summed E-state index contributed by atoms with van der Waals surface area (Å²) in [4.78, 5) is 57.7. The molecule has 75 heavy (non-hydrogen) atoms. The van der Waals surface area contributed by atoms with Crippen LogP contribution in [0, 0.1) is 11.8 Å². The minimum atomic E-state index is -4.14. The zero-order valence-corrected chi connectivity index (χ0v) is 44.8. The second kappa shape index (κ2) is 21.4. The number of methoxy groups -OCH3 is 2. The fourth-order valence-corrected chi connectivity index (χ4v) is 15.5. The van der Waals surface area contributed by atoms with Crippen LogP contribution in [0.1, 0.15) is 129 Å². The summed E-state index contributed by atoms with van der Waals surface area (Å²) < 4.78 is 69.1. The van der Waals surface area contributed by atoms with E-state index in [0.717, 1.165) is 98.8 Å². The molecule has 2 saturated heterocycles. The van der Waals surface area contributed by atoms with Gasteiger partial charge < -0.3 is 24.6 Å². The first-order valence-electron chi connectivity index (χ1n) is 26.3. The van der Waals surface area contributed by atoms with Crippen LogP contribution < -0.4 is 5.32 Å². The molecule has 1 N–H and O–H groups in total. The number of ether oxygens (including phenoxy) is 2. The molecule has 16 nitrogen and oxygen atoms in total. The fraction of sp³-hybridized carbons (Fsp3) is 0.439. The number of rotatable bonds is 9. The molecule has 6 heterocycles. The van der Waals surface area contributed by atoms with Crippen LogP contribution in [0.15, 0.2) is 94.7 Å². The number of likely N-dealkylation sites (tertiary alicyclic amines) is 2. The highest BCUT2D eigenvalue weighted by Gasteiger charge is 2.37. The first-order valence-corrected chi connectivity index (χ1v) is 29.2. The Morgan fingerprint density at radius 2 is 1.01 bits per heavy atom. The summed E-state index contributed by atoms with van der Waals surface area (Å²) in [6.07, 6.45) is 9.82. The van der Waals surface area contributed by atoms with Gasteiger partial charge in [0.2, 0.25) is 0 Å². The number of nitrogens with one attached hydrogen (secondary N) is 1. The Labute approximate surface area is 439 Å². The first-order chi connectivity index (χ1) is 36.1. The zero-order chi connectivity index (χ0) is 52.8. The molecule has 1 saturated carbocycles. The predicted molar refractivity (Wildman–Crippen MR) is 285 cm³/mol. The maximum Gasteiger partial charge on any atom is 0.339 e. The van der Waals surface area contributed by atoms with Crippen molar-refractivity contribution in [2.75, 3.05) is 53.5 Å². The van der Waals surface area contributed by atoms with Crippen molar-refractivity contribution in [1.82, 2.24) is 28.0 Å². The summed E-state index contributed by atoms with van der Waals surface area (Å²) in [5.41, 5.74) is 5.44. The third kappa shape index (κ3) is 9.78. The van der Waals surface area contributed by atoms with Crippen LogP contribution in [0.2, 0.25) is 0 Å². The molecule has 2 aromatic heterocycles. The molecule has 0 spiro atoms. The molecule has 0 bridgehead atoms. The summed E-state index contributed by atoms with van der Waals surface area (Å²) in [7, 11) is -5.78. The average molecular weight is 1060 g/mol. The summed E-state index contributed by atoms with van der Waals surface area (Å²) in [5, 5.41) is 4.85. The van der Waals surface area contributed by atoms with Crippen molar-refractivity contribution in [3.8, 4) is 0 Å². The van der Waals surface area contributed by atoms with Gasteiger partial charge in [-0.15, -0.1) is 0 Å². The van der Waals surface area contributed by atoms with E-state index in [1.807, 2.05) is 21.9 Å². The second-order valence-corrected chi connectivity index (χ2v) is 24.4. The Bertz CT molecular complexity index is 3430. The first kappa shape index (κ1) is 52.1. The highest BCUT2D eigenvalue weighted by atomic mass is 32.2. The van der Waals surface area contributed by atoms with Gasteiger partial charge in [-0.05, 0) is 122 Å². The van der Waals surface area contributed by atoms with Gasteiger partial charge >= 0.3 is 11.9 Å². The number of carbonyl (C=O) groups excluding carboxylic acids is 4. The van der Waals surface area contributed by atoms with E-state index in [1.165, 1.54) is 59.3 Å². The van der Waals surface area contributed by atoms with E-state index in [4.69, 9.17) is 9.47 Å². The molecule has 4 aliphatic heterocycles. The van der Waals surface area contributed by atoms with Crippen LogP contribution in [0.25, 0.3) is 21.8 Å². The molecular formula is C57H66N6O10S2. The number of esters is 2. The Kier molecular flexibility index (Phi) is 14.8. The molecule has 0 radical (unpaired) electrons. The van der Waals surface area contributed by atoms with E-state index in [-0.39, 0.29) is 32.7 Å². The minimum absolute atomic E-state index is 0.00217. The van der Waals surface area contributed by atoms with Crippen molar-refractivity contribution in [2.24, 2.45) is 11.8 Å². The molecule has 396 valence electrons.